The Morgan fingerprint density at radius 1 is 1.36 bits per heavy atom. The number of carbonyl (C=O) groups is 1. The van der Waals surface area contributed by atoms with Crippen LogP contribution in [0.5, 0.6) is 5.75 Å². The molecule has 0 bridgehead atoms. The molecule has 1 amide bonds. The summed E-state index contributed by atoms with van der Waals surface area (Å²) >= 11 is 0. The highest BCUT2D eigenvalue weighted by atomic mass is 16.5. The topological polar surface area (TPSA) is 63.8 Å². The van der Waals surface area contributed by atoms with Crippen molar-refractivity contribution < 1.29 is 13.9 Å². The zero-order valence-corrected chi connectivity index (χ0v) is 15.1. The van der Waals surface area contributed by atoms with Gasteiger partial charge >= 0.3 is 0 Å². The van der Waals surface area contributed by atoms with Crippen molar-refractivity contribution in [1.29, 1.82) is 0 Å². The number of ether oxygens (including phenoxy) is 1. The molecule has 1 fully saturated rings. The lowest BCUT2D eigenvalue weighted by atomic mass is 10.1. The average molecular weight is 340 g/mol. The number of hydrazone groups is 1. The molecule has 0 unspecified atom stereocenters. The fraction of sp³-hybridized carbons (Fsp3) is 0.400. The van der Waals surface area contributed by atoms with E-state index in [0.29, 0.717) is 23.3 Å². The molecule has 3 rings (SSSR count). The Hall–Kier alpha value is -2.56. The van der Waals surface area contributed by atoms with Gasteiger partial charge in [-0.2, -0.15) is 5.10 Å². The van der Waals surface area contributed by atoms with Crippen LogP contribution >= 0.6 is 0 Å². The maximum Gasteiger partial charge on any atom is 0.280 e. The van der Waals surface area contributed by atoms with E-state index in [1.165, 1.54) is 12.6 Å². The van der Waals surface area contributed by atoms with Gasteiger partial charge < -0.3 is 9.15 Å². The number of nitrogens with zero attached hydrogens (tertiary/aromatic N) is 1. The number of hydrogen-bond donors (Lipinski definition) is 1. The maximum absolute atomic E-state index is 12.1. The monoisotopic (exact) mass is 340 g/mol. The van der Waals surface area contributed by atoms with Crippen molar-refractivity contribution >= 4 is 12.1 Å². The molecule has 0 radical (unpaired) electrons. The molecule has 1 aliphatic carbocycles. The highest BCUT2D eigenvalue weighted by molar-refractivity contribution is 5.83. The minimum atomic E-state index is -0.642. The van der Waals surface area contributed by atoms with E-state index in [0.717, 1.165) is 16.9 Å². The summed E-state index contributed by atoms with van der Waals surface area (Å²) in [5.74, 6) is 3.26. The third kappa shape index (κ3) is 4.10. The van der Waals surface area contributed by atoms with Gasteiger partial charge in [0.05, 0.1) is 6.21 Å². The Labute approximate surface area is 148 Å². The Kier molecular flexibility index (Phi) is 4.93. The SMILES string of the molecule is Cc1cccc(O[C@@H](C)C(=O)N/N=C\c2ccc([C@H]3C[C@@H]3C)o2)c1C. The van der Waals surface area contributed by atoms with E-state index in [-0.39, 0.29) is 5.91 Å². The number of aryl methyl sites for hydroxylation is 1. The summed E-state index contributed by atoms with van der Waals surface area (Å²) in [6.45, 7) is 7.89. The standard InChI is InChI=1S/C20H24N2O3/c1-12-6-5-7-18(14(12)3)24-15(4)20(23)22-21-11-16-8-9-19(25-16)17-10-13(17)2/h5-9,11,13,15,17H,10H2,1-4H3,(H,22,23)/b21-11-/t13-,15-,17-/m0/s1. The van der Waals surface area contributed by atoms with Crippen molar-refractivity contribution in [2.75, 3.05) is 0 Å². The van der Waals surface area contributed by atoms with Crippen LogP contribution in [0.4, 0.5) is 0 Å². The molecule has 5 heteroatoms. The van der Waals surface area contributed by atoms with Crippen molar-refractivity contribution in [2.45, 2.75) is 46.1 Å². The second kappa shape index (κ2) is 7.13. The molecule has 2 aromatic rings. The molecule has 1 aromatic carbocycles. The van der Waals surface area contributed by atoms with Crippen LogP contribution in [-0.4, -0.2) is 18.2 Å². The molecule has 0 aliphatic heterocycles. The highest BCUT2D eigenvalue weighted by Gasteiger charge is 2.36. The second-order valence-corrected chi connectivity index (χ2v) is 6.75. The quantitative estimate of drug-likeness (QED) is 0.640. The normalized spacial score (nSPS) is 20.5. The fourth-order valence-electron chi connectivity index (χ4n) is 2.70. The van der Waals surface area contributed by atoms with Crippen molar-refractivity contribution in [3.63, 3.8) is 0 Å². The molecule has 132 valence electrons. The molecule has 1 aromatic heterocycles. The number of carbonyl (C=O) groups excluding carboxylic acids is 1. The molecule has 1 aliphatic rings. The van der Waals surface area contributed by atoms with Gasteiger partial charge in [-0.15, -0.1) is 0 Å². The van der Waals surface area contributed by atoms with Gasteiger partial charge in [0, 0.05) is 5.92 Å². The van der Waals surface area contributed by atoms with Crippen LogP contribution in [0.2, 0.25) is 0 Å². The van der Waals surface area contributed by atoms with Crippen LogP contribution in [0.3, 0.4) is 0 Å². The Morgan fingerprint density at radius 2 is 2.12 bits per heavy atom. The average Bonchev–Trinajstić information content (AvgIpc) is 3.13. The number of hydrogen-bond acceptors (Lipinski definition) is 4. The van der Waals surface area contributed by atoms with Crippen LogP contribution in [0.25, 0.3) is 0 Å². The maximum atomic E-state index is 12.1. The smallest absolute Gasteiger partial charge is 0.280 e. The summed E-state index contributed by atoms with van der Waals surface area (Å²) in [5, 5.41) is 3.96. The van der Waals surface area contributed by atoms with Crippen LogP contribution in [0.15, 0.2) is 39.9 Å². The fourth-order valence-corrected chi connectivity index (χ4v) is 2.70. The minimum Gasteiger partial charge on any atom is -0.481 e. The molecule has 1 heterocycles. The zero-order valence-electron chi connectivity index (χ0n) is 15.1. The summed E-state index contributed by atoms with van der Waals surface area (Å²) in [4.78, 5) is 12.1. The number of benzene rings is 1. The van der Waals surface area contributed by atoms with E-state index in [2.05, 4.69) is 17.5 Å². The first-order valence-corrected chi connectivity index (χ1v) is 8.61. The molecule has 1 saturated carbocycles. The van der Waals surface area contributed by atoms with E-state index in [1.807, 2.05) is 44.2 Å². The number of furan rings is 1. The molecule has 0 saturated heterocycles. The van der Waals surface area contributed by atoms with Crippen molar-refractivity contribution in [2.24, 2.45) is 11.0 Å². The number of rotatable bonds is 6. The predicted octanol–water partition coefficient (Wildman–Crippen LogP) is 3.94. The Balaban J connectivity index is 1.53. The van der Waals surface area contributed by atoms with Crippen LogP contribution in [0, 0.1) is 19.8 Å². The number of amides is 1. The van der Waals surface area contributed by atoms with Gasteiger partial charge in [-0.3, -0.25) is 4.79 Å². The van der Waals surface area contributed by atoms with Crippen molar-refractivity contribution in [1.82, 2.24) is 5.43 Å². The molecule has 3 atom stereocenters. The third-order valence-electron chi connectivity index (χ3n) is 4.72. The first-order valence-electron chi connectivity index (χ1n) is 8.61. The van der Waals surface area contributed by atoms with Gasteiger partial charge in [-0.05, 0) is 62.4 Å². The lowest BCUT2D eigenvalue weighted by molar-refractivity contribution is -0.127. The van der Waals surface area contributed by atoms with Crippen molar-refractivity contribution in [3.8, 4) is 5.75 Å². The minimum absolute atomic E-state index is 0.306. The summed E-state index contributed by atoms with van der Waals surface area (Å²) < 4.78 is 11.4. The van der Waals surface area contributed by atoms with Gasteiger partial charge in [0.15, 0.2) is 6.10 Å². The van der Waals surface area contributed by atoms with Crippen LogP contribution in [0.1, 0.15) is 48.8 Å². The number of nitrogens with one attached hydrogen (secondary N) is 1. The first kappa shape index (κ1) is 17.3. The van der Waals surface area contributed by atoms with E-state index in [1.54, 1.807) is 6.92 Å². The lowest BCUT2D eigenvalue weighted by Crippen LogP contribution is -2.33. The summed E-state index contributed by atoms with van der Waals surface area (Å²) in [5.41, 5.74) is 4.65. The highest BCUT2D eigenvalue weighted by Crippen LogP contribution is 2.47. The van der Waals surface area contributed by atoms with Gasteiger partial charge in [-0.25, -0.2) is 5.43 Å². The Morgan fingerprint density at radius 3 is 2.84 bits per heavy atom. The molecule has 25 heavy (non-hydrogen) atoms. The lowest BCUT2D eigenvalue weighted by Gasteiger charge is -2.15. The van der Waals surface area contributed by atoms with Gasteiger partial charge in [0.2, 0.25) is 0 Å². The van der Waals surface area contributed by atoms with Crippen LogP contribution in [-0.2, 0) is 4.79 Å². The zero-order chi connectivity index (χ0) is 18.0. The largest absolute Gasteiger partial charge is 0.481 e. The van der Waals surface area contributed by atoms with Gasteiger partial charge in [-0.1, -0.05) is 19.1 Å². The summed E-state index contributed by atoms with van der Waals surface area (Å²) in [6.07, 6.45) is 2.05. The Bertz CT molecular complexity index is 794. The second-order valence-electron chi connectivity index (χ2n) is 6.75. The van der Waals surface area contributed by atoms with E-state index >= 15 is 0 Å². The molecular formula is C20H24N2O3. The predicted molar refractivity (Wildman–Crippen MR) is 97.0 cm³/mol. The first-order chi connectivity index (χ1) is 12.0. The van der Waals surface area contributed by atoms with Gasteiger partial charge in [0.1, 0.15) is 17.3 Å². The molecule has 5 nitrogen and oxygen atoms in total. The summed E-state index contributed by atoms with van der Waals surface area (Å²) in [7, 11) is 0. The van der Waals surface area contributed by atoms with Gasteiger partial charge in [0.25, 0.3) is 5.91 Å². The molecule has 1 N–H and O–H groups in total. The molecular weight excluding hydrogens is 316 g/mol. The summed E-state index contributed by atoms with van der Waals surface area (Å²) in [6, 6.07) is 9.63. The van der Waals surface area contributed by atoms with Crippen LogP contribution < -0.4 is 10.2 Å². The van der Waals surface area contributed by atoms with E-state index in [4.69, 9.17) is 9.15 Å². The van der Waals surface area contributed by atoms with E-state index in [9.17, 15) is 4.79 Å². The molecule has 0 spiro atoms. The van der Waals surface area contributed by atoms with E-state index < -0.39 is 6.10 Å². The third-order valence-corrected chi connectivity index (χ3v) is 4.72. The van der Waals surface area contributed by atoms with Crippen molar-refractivity contribution in [3.05, 3.63) is 53.0 Å².